The Hall–Kier alpha value is -2.34. The summed E-state index contributed by atoms with van der Waals surface area (Å²) < 4.78 is 11.1. The first-order valence-electron chi connectivity index (χ1n) is 7.34. The number of hydrogen-bond acceptors (Lipinski definition) is 4. The number of anilines is 1. The minimum Gasteiger partial charge on any atom is -0.482 e. The Labute approximate surface area is 149 Å². The zero-order valence-corrected chi connectivity index (χ0v) is 15.1. The van der Waals surface area contributed by atoms with Gasteiger partial charge in [-0.3, -0.25) is 4.79 Å². The Morgan fingerprint density at radius 3 is 2.42 bits per heavy atom. The summed E-state index contributed by atoms with van der Waals surface area (Å²) in [7, 11) is 0. The van der Waals surface area contributed by atoms with Gasteiger partial charge in [-0.15, -0.1) is 0 Å². The fourth-order valence-electron chi connectivity index (χ4n) is 2.11. The highest BCUT2D eigenvalue weighted by atomic mass is 79.9. The van der Waals surface area contributed by atoms with Gasteiger partial charge in [0.2, 0.25) is 0 Å². The van der Waals surface area contributed by atoms with Crippen LogP contribution in [0.3, 0.4) is 0 Å². The summed E-state index contributed by atoms with van der Waals surface area (Å²) in [6.45, 7) is 3.30. The second-order valence-corrected chi connectivity index (χ2v) is 6.25. The molecule has 0 unspecified atom stereocenters. The molecule has 0 aliphatic rings. The summed E-state index contributed by atoms with van der Waals surface area (Å²) in [5.41, 5.74) is 2.72. The van der Waals surface area contributed by atoms with Crippen LogP contribution in [-0.4, -0.2) is 25.1 Å². The summed E-state index contributed by atoms with van der Waals surface area (Å²) >= 11 is 3.31. The van der Waals surface area contributed by atoms with E-state index in [-0.39, 0.29) is 13.2 Å². The molecule has 0 spiro atoms. The summed E-state index contributed by atoms with van der Waals surface area (Å²) in [5.74, 6) is -0.408. The molecule has 24 heavy (non-hydrogen) atoms. The Balaban J connectivity index is 1.75. The average Bonchev–Trinajstić information content (AvgIpc) is 2.50. The third-order valence-corrected chi connectivity index (χ3v) is 3.52. The molecule has 1 N–H and O–H groups in total. The number of carbonyl (C=O) groups excluding carboxylic acids is 2. The number of hydrogen-bond donors (Lipinski definition) is 1. The maximum absolute atomic E-state index is 11.7. The second kappa shape index (κ2) is 8.49. The van der Waals surface area contributed by atoms with Crippen LogP contribution >= 0.6 is 15.9 Å². The molecule has 6 heteroatoms. The van der Waals surface area contributed by atoms with Crippen LogP contribution in [0.1, 0.15) is 11.1 Å². The third-order valence-electron chi connectivity index (χ3n) is 3.02. The number of benzene rings is 2. The summed E-state index contributed by atoms with van der Waals surface area (Å²) in [4.78, 5) is 23.4. The van der Waals surface area contributed by atoms with Gasteiger partial charge in [-0.25, -0.2) is 4.79 Å². The smallest absolute Gasteiger partial charge is 0.344 e. The Morgan fingerprint density at radius 2 is 1.75 bits per heavy atom. The quantitative estimate of drug-likeness (QED) is 0.763. The number of halogens is 1. The topological polar surface area (TPSA) is 64.6 Å². The maximum atomic E-state index is 11.7. The molecule has 0 fully saturated rings. The Bertz CT molecular complexity index is 725. The van der Waals surface area contributed by atoms with E-state index in [4.69, 9.17) is 9.47 Å². The molecule has 0 aliphatic heterocycles. The van der Waals surface area contributed by atoms with E-state index >= 15 is 0 Å². The fraction of sp³-hybridized carbons (Fsp3) is 0.222. The highest BCUT2D eigenvalue weighted by Crippen LogP contribution is 2.16. The van der Waals surface area contributed by atoms with Crippen molar-refractivity contribution in [2.45, 2.75) is 13.8 Å². The van der Waals surface area contributed by atoms with Crippen molar-refractivity contribution >= 4 is 33.5 Å². The van der Waals surface area contributed by atoms with Gasteiger partial charge < -0.3 is 14.8 Å². The molecule has 0 aromatic heterocycles. The lowest BCUT2D eigenvalue weighted by Gasteiger charge is -2.09. The van der Waals surface area contributed by atoms with Crippen molar-refractivity contribution in [3.05, 3.63) is 58.1 Å². The number of rotatable bonds is 6. The molecule has 1 amide bonds. The van der Waals surface area contributed by atoms with Gasteiger partial charge in [0.15, 0.2) is 13.2 Å². The minimum absolute atomic E-state index is 0.243. The van der Waals surface area contributed by atoms with Gasteiger partial charge in [0, 0.05) is 10.2 Å². The van der Waals surface area contributed by atoms with E-state index in [0.717, 1.165) is 15.6 Å². The molecule has 5 nitrogen and oxygen atoms in total. The van der Waals surface area contributed by atoms with Crippen LogP contribution < -0.4 is 10.1 Å². The first-order chi connectivity index (χ1) is 11.4. The third kappa shape index (κ3) is 6.04. The van der Waals surface area contributed by atoms with Crippen LogP contribution in [-0.2, 0) is 14.3 Å². The van der Waals surface area contributed by atoms with Gasteiger partial charge in [-0.1, -0.05) is 28.1 Å². The van der Waals surface area contributed by atoms with Crippen molar-refractivity contribution in [2.75, 3.05) is 18.5 Å². The fourth-order valence-corrected chi connectivity index (χ4v) is 2.51. The lowest BCUT2D eigenvalue weighted by Crippen LogP contribution is -2.23. The van der Waals surface area contributed by atoms with Crippen LogP contribution in [0.2, 0.25) is 0 Å². The molecule has 0 atom stereocenters. The number of carbonyl (C=O) groups is 2. The van der Waals surface area contributed by atoms with E-state index in [0.29, 0.717) is 11.4 Å². The number of ether oxygens (including phenoxy) is 2. The van der Waals surface area contributed by atoms with Crippen LogP contribution in [0.4, 0.5) is 5.69 Å². The Morgan fingerprint density at radius 1 is 1.04 bits per heavy atom. The number of aryl methyl sites for hydroxylation is 2. The van der Waals surface area contributed by atoms with Crippen LogP contribution in [0, 0.1) is 13.8 Å². The number of esters is 1. The molecule has 2 rings (SSSR count). The second-order valence-electron chi connectivity index (χ2n) is 5.33. The molecular formula is C18H18BrNO4. The molecule has 0 heterocycles. The van der Waals surface area contributed by atoms with Gasteiger partial charge in [0.25, 0.3) is 5.91 Å². The summed E-state index contributed by atoms with van der Waals surface area (Å²) in [5, 5.41) is 2.64. The molecule has 2 aromatic rings. The Kier molecular flexibility index (Phi) is 6.37. The molecule has 126 valence electrons. The van der Waals surface area contributed by atoms with Crippen LogP contribution in [0.25, 0.3) is 0 Å². The van der Waals surface area contributed by atoms with Crippen molar-refractivity contribution in [1.29, 1.82) is 0 Å². The summed E-state index contributed by atoms with van der Waals surface area (Å²) in [6, 6.07) is 12.8. The van der Waals surface area contributed by atoms with Crippen molar-refractivity contribution < 1.29 is 19.1 Å². The van der Waals surface area contributed by atoms with E-state index in [1.807, 2.05) is 38.1 Å². The van der Waals surface area contributed by atoms with Gasteiger partial charge in [-0.05, 0) is 55.3 Å². The molecule has 0 bridgehead atoms. The zero-order valence-electron chi connectivity index (χ0n) is 13.5. The number of nitrogens with one attached hydrogen (secondary N) is 1. The van der Waals surface area contributed by atoms with E-state index in [9.17, 15) is 9.59 Å². The van der Waals surface area contributed by atoms with Gasteiger partial charge in [0.1, 0.15) is 5.75 Å². The molecular weight excluding hydrogens is 374 g/mol. The maximum Gasteiger partial charge on any atom is 0.344 e. The SMILES string of the molecule is Cc1cc(C)cc(OCC(=O)OCC(=O)Nc2cccc(Br)c2)c1. The first kappa shape index (κ1) is 18.0. The van der Waals surface area contributed by atoms with Crippen LogP contribution in [0.5, 0.6) is 5.75 Å². The first-order valence-corrected chi connectivity index (χ1v) is 8.14. The normalized spacial score (nSPS) is 10.1. The highest BCUT2D eigenvalue weighted by molar-refractivity contribution is 9.10. The van der Waals surface area contributed by atoms with E-state index in [2.05, 4.69) is 21.2 Å². The lowest BCUT2D eigenvalue weighted by molar-refractivity contribution is -0.149. The molecule has 2 aromatic carbocycles. The van der Waals surface area contributed by atoms with E-state index < -0.39 is 11.9 Å². The molecule has 0 saturated carbocycles. The van der Waals surface area contributed by atoms with Gasteiger partial charge in [-0.2, -0.15) is 0 Å². The highest BCUT2D eigenvalue weighted by Gasteiger charge is 2.09. The van der Waals surface area contributed by atoms with Gasteiger partial charge in [0.05, 0.1) is 0 Å². The van der Waals surface area contributed by atoms with Crippen molar-refractivity contribution in [2.24, 2.45) is 0 Å². The lowest BCUT2D eigenvalue weighted by atomic mass is 10.1. The predicted molar refractivity (Wildman–Crippen MR) is 95.1 cm³/mol. The minimum atomic E-state index is -0.599. The summed E-state index contributed by atoms with van der Waals surface area (Å²) in [6.07, 6.45) is 0. The van der Waals surface area contributed by atoms with Crippen molar-refractivity contribution in [3.63, 3.8) is 0 Å². The average molecular weight is 392 g/mol. The molecule has 0 aliphatic carbocycles. The standard InChI is InChI=1S/C18H18BrNO4/c1-12-6-13(2)8-16(7-12)23-11-18(22)24-10-17(21)20-15-5-3-4-14(19)9-15/h3-9H,10-11H2,1-2H3,(H,20,21). The monoisotopic (exact) mass is 391 g/mol. The van der Waals surface area contributed by atoms with Crippen molar-refractivity contribution in [1.82, 2.24) is 0 Å². The van der Waals surface area contributed by atoms with E-state index in [1.165, 1.54) is 0 Å². The molecule has 0 radical (unpaired) electrons. The number of amides is 1. The zero-order chi connectivity index (χ0) is 17.5. The van der Waals surface area contributed by atoms with Gasteiger partial charge >= 0.3 is 5.97 Å². The molecule has 0 saturated heterocycles. The predicted octanol–water partition coefficient (Wildman–Crippen LogP) is 3.63. The van der Waals surface area contributed by atoms with Crippen molar-refractivity contribution in [3.8, 4) is 5.75 Å². The largest absolute Gasteiger partial charge is 0.482 e. The van der Waals surface area contributed by atoms with Crippen LogP contribution in [0.15, 0.2) is 46.9 Å². The van der Waals surface area contributed by atoms with E-state index in [1.54, 1.807) is 18.2 Å².